The minimum atomic E-state index is -0.683. The van der Waals surface area contributed by atoms with E-state index >= 15 is 0 Å². The first-order chi connectivity index (χ1) is 19.6. The number of para-hydroxylation sites is 1. The van der Waals surface area contributed by atoms with E-state index in [1.165, 1.54) is 0 Å². The minimum Gasteiger partial charge on any atom is -0.484 e. The molecule has 1 heterocycles. The fourth-order valence-electron chi connectivity index (χ4n) is 5.05. The number of benzene rings is 4. The van der Waals surface area contributed by atoms with Crippen molar-refractivity contribution in [3.05, 3.63) is 119 Å². The summed E-state index contributed by atoms with van der Waals surface area (Å²) in [5.41, 5.74) is 2.32. The Morgan fingerprint density at radius 1 is 0.902 bits per heavy atom. The molecule has 1 aliphatic heterocycles. The van der Waals surface area contributed by atoms with Crippen LogP contribution in [0.1, 0.15) is 60.8 Å². The molecule has 0 saturated heterocycles. The Balaban J connectivity index is 1.49. The number of carbonyl (C=O) groups excluding carboxylic acids is 2. The van der Waals surface area contributed by atoms with Gasteiger partial charge in [-0.3, -0.25) is 4.90 Å². The number of fused-ring (bicyclic) bond motifs is 2. The van der Waals surface area contributed by atoms with Crippen molar-refractivity contribution in [2.75, 3.05) is 6.54 Å². The molecule has 6 heteroatoms. The fourth-order valence-corrected chi connectivity index (χ4v) is 5.05. The summed E-state index contributed by atoms with van der Waals surface area (Å²) in [6, 6.07) is 28.6. The Bertz CT molecular complexity index is 1610. The highest BCUT2D eigenvalue weighted by molar-refractivity contribution is 5.95. The molecule has 0 aromatic heterocycles. The fraction of sp³-hybridized carbons (Fsp3) is 0.257. The van der Waals surface area contributed by atoms with Gasteiger partial charge in [-0.15, -0.1) is 0 Å². The zero-order valence-electron chi connectivity index (χ0n) is 24.1. The lowest BCUT2D eigenvalue weighted by Gasteiger charge is -2.35. The zero-order valence-corrected chi connectivity index (χ0v) is 24.1. The molecule has 6 nitrogen and oxygen atoms in total. The van der Waals surface area contributed by atoms with Crippen molar-refractivity contribution < 1.29 is 23.8 Å². The Labute approximate surface area is 241 Å². The molecule has 41 heavy (non-hydrogen) atoms. The predicted octanol–water partition coefficient (Wildman–Crippen LogP) is 8.11. The highest BCUT2D eigenvalue weighted by Crippen LogP contribution is 2.35. The molecule has 1 aliphatic rings. The zero-order chi connectivity index (χ0) is 29.1. The summed E-state index contributed by atoms with van der Waals surface area (Å²) in [5, 5.41) is 2.16. The molecule has 0 aliphatic carbocycles. The van der Waals surface area contributed by atoms with E-state index in [4.69, 9.17) is 14.2 Å². The second kappa shape index (κ2) is 11.5. The standard InChI is InChI=1S/C35H35NO5/c1-23-13-6-8-16-27(23)33(37)40-32-21-26(39-31-20-11-10-18-30(31)32)22-36(34(38)41-35(3,4)5)24(2)28-19-12-15-25-14-7-9-17-29(25)28/h6-21,24,26H,22H2,1-5H3/t24-,26-/m1/s1. The lowest BCUT2D eigenvalue weighted by molar-refractivity contribution is 0.0107. The molecule has 210 valence electrons. The highest BCUT2D eigenvalue weighted by atomic mass is 16.6. The van der Waals surface area contributed by atoms with Crippen LogP contribution in [0.15, 0.2) is 97.1 Å². The number of rotatable bonds is 6. The Morgan fingerprint density at radius 3 is 2.37 bits per heavy atom. The van der Waals surface area contributed by atoms with Crippen LogP contribution in [-0.2, 0) is 9.47 Å². The molecular formula is C35H35NO5. The summed E-state index contributed by atoms with van der Waals surface area (Å²) >= 11 is 0. The van der Waals surface area contributed by atoms with Gasteiger partial charge in [-0.1, -0.05) is 72.8 Å². The van der Waals surface area contributed by atoms with Crippen LogP contribution in [0, 0.1) is 6.92 Å². The minimum absolute atomic E-state index is 0.180. The maximum atomic E-state index is 13.7. The van der Waals surface area contributed by atoms with Crippen molar-refractivity contribution in [2.45, 2.75) is 52.4 Å². The maximum absolute atomic E-state index is 13.7. The first kappa shape index (κ1) is 28.0. The van der Waals surface area contributed by atoms with Crippen molar-refractivity contribution in [1.29, 1.82) is 0 Å². The predicted molar refractivity (Wildman–Crippen MR) is 161 cm³/mol. The van der Waals surface area contributed by atoms with Gasteiger partial charge in [-0.05, 0) is 74.7 Å². The van der Waals surface area contributed by atoms with Gasteiger partial charge < -0.3 is 14.2 Å². The Hall–Kier alpha value is -4.58. The molecule has 1 amide bonds. The van der Waals surface area contributed by atoms with Crippen molar-refractivity contribution in [1.82, 2.24) is 4.90 Å². The average Bonchev–Trinajstić information content (AvgIpc) is 2.94. The molecule has 0 saturated carbocycles. The van der Waals surface area contributed by atoms with E-state index in [1.807, 2.05) is 101 Å². The molecule has 4 aromatic rings. The number of hydrogen-bond donors (Lipinski definition) is 0. The lowest BCUT2D eigenvalue weighted by atomic mass is 9.98. The van der Waals surface area contributed by atoms with Crippen LogP contribution in [0.3, 0.4) is 0 Å². The molecule has 4 aromatic carbocycles. The molecule has 0 spiro atoms. The van der Waals surface area contributed by atoms with Crippen molar-refractivity contribution in [3.8, 4) is 5.75 Å². The van der Waals surface area contributed by atoms with E-state index in [-0.39, 0.29) is 12.6 Å². The number of ether oxygens (including phenoxy) is 3. The molecule has 0 bridgehead atoms. The van der Waals surface area contributed by atoms with Gasteiger partial charge in [0.1, 0.15) is 23.2 Å². The quantitative estimate of drug-likeness (QED) is 0.227. The van der Waals surface area contributed by atoms with Crippen LogP contribution in [0.4, 0.5) is 4.79 Å². The summed E-state index contributed by atoms with van der Waals surface area (Å²) in [6.07, 6.45) is 0.730. The molecule has 0 fully saturated rings. The van der Waals surface area contributed by atoms with E-state index in [0.717, 1.165) is 21.9 Å². The second-order valence-electron chi connectivity index (χ2n) is 11.3. The maximum Gasteiger partial charge on any atom is 0.410 e. The van der Waals surface area contributed by atoms with Crippen molar-refractivity contribution in [3.63, 3.8) is 0 Å². The SMILES string of the molecule is Cc1ccccc1C(=O)OC1=C[C@H](CN(C(=O)OC(C)(C)C)[C@H](C)c2cccc3ccccc23)Oc2ccccc21. The van der Waals surface area contributed by atoms with Crippen LogP contribution >= 0.6 is 0 Å². The van der Waals surface area contributed by atoms with Gasteiger partial charge in [0.25, 0.3) is 0 Å². The largest absolute Gasteiger partial charge is 0.484 e. The van der Waals surface area contributed by atoms with Gasteiger partial charge >= 0.3 is 12.1 Å². The number of aryl methyl sites for hydroxylation is 1. The summed E-state index contributed by atoms with van der Waals surface area (Å²) in [7, 11) is 0. The van der Waals surface area contributed by atoms with Gasteiger partial charge in [-0.2, -0.15) is 0 Å². The van der Waals surface area contributed by atoms with E-state index < -0.39 is 23.8 Å². The average molecular weight is 550 g/mol. The topological polar surface area (TPSA) is 65.1 Å². The van der Waals surface area contributed by atoms with Crippen molar-refractivity contribution >= 4 is 28.6 Å². The molecule has 2 atom stereocenters. The molecular weight excluding hydrogens is 514 g/mol. The third-order valence-corrected chi connectivity index (χ3v) is 7.08. The number of hydrogen-bond acceptors (Lipinski definition) is 5. The van der Waals surface area contributed by atoms with E-state index in [2.05, 4.69) is 18.2 Å². The number of amides is 1. The first-order valence-electron chi connectivity index (χ1n) is 13.8. The third kappa shape index (κ3) is 6.27. The lowest BCUT2D eigenvalue weighted by Crippen LogP contribution is -2.44. The van der Waals surface area contributed by atoms with Gasteiger partial charge in [0.05, 0.1) is 23.7 Å². The van der Waals surface area contributed by atoms with E-state index in [1.54, 1.807) is 17.0 Å². The highest BCUT2D eigenvalue weighted by Gasteiger charge is 2.32. The molecule has 0 radical (unpaired) electrons. The smallest absolute Gasteiger partial charge is 0.410 e. The Kier molecular flexibility index (Phi) is 7.84. The summed E-state index contributed by atoms with van der Waals surface area (Å²) in [6.45, 7) is 9.59. The molecule has 5 rings (SSSR count). The monoisotopic (exact) mass is 549 g/mol. The van der Waals surface area contributed by atoms with Crippen LogP contribution in [-0.4, -0.2) is 35.2 Å². The van der Waals surface area contributed by atoms with Crippen molar-refractivity contribution in [2.24, 2.45) is 0 Å². The van der Waals surface area contributed by atoms with Crippen LogP contribution in [0.25, 0.3) is 16.5 Å². The third-order valence-electron chi connectivity index (χ3n) is 7.08. The Morgan fingerprint density at radius 2 is 1.59 bits per heavy atom. The summed E-state index contributed by atoms with van der Waals surface area (Å²) < 4.78 is 18.1. The van der Waals surface area contributed by atoms with Crippen LogP contribution < -0.4 is 4.74 Å². The van der Waals surface area contributed by atoms with Gasteiger partial charge in [-0.25, -0.2) is 9.59 Å². The van der Waals surface area contributed by atoms with Gasteiger partial charge in [0.2, 0.25) is 0 Å². The number of nitrogens with zero attached hydrogens (tertiary/aromatic N) is 1. The van der Waals surface area contributed by atoms with Gasteiger partial charge in [0.15, 0.2) is 0 Å². The number of esters is 1. The van der Waals surface area contributed by atoms with Crippen LogP contribution in [0.2, 0.25) is 0 Å². The first-order valence-corrected chi connectivity index (χ1v) is 13.8. The van der Waals surface area contributed by atoms with Gasteiger partial charge in [0, 0.05) is 6.08 Å². The summed E-state index contributed by atoms with van der Waals surface area (Å²) in [5.74, 6) is 0.527. The van der Waals surface area contributed by atoms with E-state index in [0.29, 0.717) is 22.6 Å². The molecule has 0 N–H and O–H groups in total. The summed E-state index contributed by atoms with van der Waals surface area (Å²) in [4.78, 5) is 28.5. The number of carbonyl (C=O) groups is 2. The molecule has 0 unspecified atom stereocenters. The van der Waals surface area contributed by atoms with Crippen LogP contribution in [0.5, 0.6) is 5.75 Å². The normalized spacial score (nSPS) is 15.2. The van der Waals surface area contributed by atoms with E-state index in [9.17, 15) is 9.59 Å². The second-order valence-corrected chi connectivity index (χ2v) is 11.3.